The SMILES string of the molecule is COC(=O)c1ccc(-c2nc3ccccc3n3nc4cc5c(cc4c23)OCO5)cc1. The second-order valence-corrected chi connectivity index (χ2v) is 7.00. The third kappa shape index (κ3) is 2.35. The minimum atomic E-state index is -0.374. The normalized spacial score (nSPS) is 12.7. The van der Waals surface area contributed by atoms with Gasteiger partial charge in [-0.05, 0) is 30.3 Å². The first-order valence-electron chi connectivity index (χ1n) is 9.42. The molecule has 0 saturated carbocycles. The van der Waals surface area contributed by atoms with Crippen molar-refractivity contribution in [1.82, 2.24) is 14.6 Å². The molecule has 0 atom stereocenters. The lowest BCUT2D eigenvalue weighted by molar-refractivity contribution is 0.0600. The van der Waals surface area contributed by atoms with E-state index >= 15 is 0 Å². The largest absolute Gasteiger partial charge is 0.465 e. The van der Waals surface area contributed by atoms with E-state index in [1.54, 1.807) is 12.1 Å². The highest BCUT2D eigenvalue weighted by molar-refractivity contribution is 6.05. The molecule has 0 radical (unpaired) electrons. The molecule has 2 aromatic heterocycles. The first kappa shape index (κ1) is 16.8. The van der Waals surface area contributed by atoms with Crippen LogP contribution in [0.25, 0.3) is 38.7 Å². The van der Waals surface area contributed by atoms with Crippen LogP contribution in [0.4, 0.5) is 0 Å². The third-order valence-corrected chi connectivity index (χ3v) is 5.31. The first-order valence-corrected chi connectivity index (χ1v) is 9.42. The van der Waals surface area contributed by atoms with Gasteiger partial charge in [0.1, 0.15) is 5.52 Å². The number of hydrogen-bond acceptors (Lipinski definition) is 6. The average molecular weight is 397 g/mol. The van der Waals surface area contributed by atoms with E-state index in [1.165, 1.54) is 7.11 Å². The molecule has 0 aliphatic carbocycles. The minimum Gasteiger partial charge on any atom is -0.465 e. The topological polar surface area (TPSA) is 75.0 Å². The third-order valence-electron chi connectivity index (χ3n) is 5.31. The summed E-state index contributed by atoms with van der Waals surface area (Å²) >= 11 is 0. The predicted octanol–water partition coefficient (Wildman–Crippen LogP) is 4.22. The fourth-order valence-corrected chi connectivity index (χ4v) is 3.87. The zero-order chi connectivity index (χ0) is 20.2. The standard InChI is InChI=1S/C23H15N3O4/c1-28-23(27)14-8-6-13(7-9-14)21-22-15-10-19-20(30-12-29-19)11-17(15)25-26(22)18-5-3-2-4-16(18)24-21/h2-11H,12H2,1H3. The van der Waals surface area contributed by atoms with Crippen molar-refractivity contribution in [2.45, 2.75) is 0 Å². The maximum Gasteiger partial charge on any atom is 0.337 e. The smallest absolute Gasteiger partial charge is 0.337 e. The molecule has 0 N–H and O–H groups in total. The van der Waals surface area contributed by atoms with Crippen LogP contribution in [0.3, 0.4) is 0 Å². The maximum absolute atomic E-state index is 11.8. The number of methoxy groups -OCH3 is 1. The summed E-state index contributed by atoms with van der Waals surface area (Å²) in [6.07, 6.45) is 0. The summed E-state index contributed by atoms with van der Waals surface area (Å²) in [7, 11) is 1.37. The van der Waals surface area contributed by atoms with Gasteiger partial charge >= 0.3 is 5.97 Å². The number of aromatic nitrogens is 3. The van der Waals surface area contributed by atoms with Gasteiger partial charge in [0.2, 0.25) is 6.79 Å². The summed E-state index contributed by atoms with van der Waals surface area (Å²) < 4.78 is 17.8. The molecule has 3 heterocycles. The molecule has 0 amide bonds. The molecule has 7 heteroatoms. The molecular formula is C23H15N3O4. The molecule has 0 fully saturated rings. The lowest BCUT2D eigenvalue weighted by Crippen LogP contribution is -2.01. The molecule has 0 bridgehead atoms. The van der Waals surface area contributed by atoms with E-state index in [9.17, 15) is 4.79 Å². The summed E-state index contributed by atoms with van der Waals surface area (Å²) in [6.45, 7) is 0.204. The lowest BCUT2D eigenvalue weighted by atomic mass is 10.1. The Hall–Kier alpha value is -4.13. The number of carbonyl (C=O) groups is 1. The van der Waals surface area contributed by atoms with Gasteiger partial charge in [0, 0.05) is 17.0 Å². The zero-order valence-electron chi connectivity index (χ0n) is 16.0. The van der Waals surface area contributed by atoms with Gasteiger partial charge in [0.15, 0.2) is 11.5 Å². The van der Waals surface area contributed by atoms with Crippen LogP contribution in [-0.2, 0) is 4.74 Å². The van der Waals surface area contributed by atoms with Crippen molar-refractivity contribution in [2.75, 3.05) is 13.9 Å². The molecule has 0 spiro atoms. The number of benzene rings is 3. The van der Waals surface area contributed by atoms with Crippen LogP contribution in [-0.4, -0.2) is 34.5 Å². The number of nitrogens with zero attached hydrogens (tertiary/aromatic N) is 3. The number of para-hydroxylation sites is 2. The second-order valence-electron chi connectivity index (χ2n) is 7.00. The molecule has 0 unspecified atom stereocenters. The van der Waals surface area contributed by atoms with Crippen molar-refractivity contribution in [2.24, 2.45) is 0 Å². The molecular weight excluding hydrogens is 382 g/mol. The van der Waals surface area contributed by atoms with Gasteiger partial charge < -0.3 is 14.2 Å². The van der Waals surface area contributed by atoms with Crippen LogP contribution in [0.15, 0.2) is 60.7 Å². The fraction of sp³-hybridized carbons (Fsp3) is 0.0870. The highest BCUT2D eigenvalue weighted by atomic mass is 16.7. The van der Waals surface area contributed by atoms with Crippen molar-refractivity contribution in [3.8, 4) is 22.8 Å². The van der Waals surface area contributed by atoms with Crippen molar-refractivity contribution < 1.29 is 19.0 Å². The second kappa shape index (κ2) is 6.18. The number of esters is 1. The molecule has 6 rings (SSSR count). The molecule has 30 heavy (non-hydrogen) atoms. The van der Waals surface area contributed by atoms with E-state index in [2.05, 4.69) is 0 Å². The van der Waals surface area contributed by atoms with Crippen molar-refractivity contribution in [3.63, 3.8) is 0 Å². The first-order chi connectivity index (χ1) is 14.7. The van der Waals surface area contributed by atoms with E-state index in [0.717, 1.165) is 38.7 Å². The zero-order valence-corrected chi connectivity index (χ0v) is 16.0. The number of fused-ring (bicyclic) bond motifs is 6. The Balaban J connectivity index is 1.69. The quantitative estimate of drug-likeness (QED) is 0.415. The molecule has 0 saturated heterocycles. The molecule has 3 aromatic carbocycles. The number of hydrogen-bond donors (Lipinski definition) is 0. The molecule has 1 aliphatic heterocycles. The summed E-state index contributed by atoms with van der Waals surface area (Å²) in [6, 6.07) is 18.9. The summed E-state index contributed by atoms with van der Waals surface area (Å²) in [5, 5.41) is 5.75. The van der Waals surface area contributed by atoms with Gasteiger partial charge in [0.05, 0.1) is 34.9 Å². The van der Waals surface area contributed by atoms with Crippen LogP contribution in [0.2, 0.25) is 0 Å². The molecule has 146 valence electrons. The Kier molecular flexibility index (Phi) is 3.46. The summed E-state index contributed by atoms with van der Waals surface area (Å²) in [4.78, 5) is 16.7. The van der Waals surface area contributed by atoms with Crippen molar-refractivity contribution in [1.29, 1.82) is 0 Å². The van der Waals surface area contributed by atoms with Gasteiger partial charge in [-0.2, -0.15) is 5.10 Å². The minimum absolute atomic E-state index is 0.204. The van der Waals surface area contributed by atoms with Crippen LogP contribution >= 0.6 is 0 Å². The molecule has 7 nitrogen and oxygen atoms in total. The van der Waals surface area contributed by atoms with E-state index in [1.807, 2.05) is 53.0 Å². The van der Waals surface area contributed by atoms with E-state index in [-0.39, 0.29) is 12.8 Å². The highest BCUT2D eigenvalue weighted by Crippen LogP contribution is 2.39. The fourth-order valence-electron chi connectivity index (χ4n) is 3.87. The maximum atomic E-state index is 11.8. The molecule has 5 aromatic rings. The van der Waals surface area contributed by atoms with Gasteiger partial charge in [-0.1, -0.05) is 24.3 Å². The van der Waals surface area contributed by atoms with E-state index in [4.69, 9.17) is 24.3 Å². The Morgan fingerprint density at radius 1 is 1.00 bits per heavy atom. The Morgan fingerprint density at radius 3 is 2.57 bits per heavy atom. The molecule has 1 aliphatic rings. The van der Waals surface area contributed by atoms with Gasteiger partial charge in [-0.3, -0.25) is 0 Å². The van der Waals surface area contributed by atoms with Crippen LogP contribution in [0, 0.1) is 0 Å². The summed E-state index contributed by atoms with van der Waals surface area (Å²) in [5.74, 6) is 1.00. The van der Waals surface area contributed by atoms with Gasteiger partial charge in [-0.25, -0.2) is 14.3 Å². The van der Waals surface area contributed by atoms with Crippen LogP contribution in [0.1, 0.15) is 10.4 Å². The van der Waals surface area contributed by atoms with Crippen molar-refractivity contribution >= 4 is 33.4 Å². The number of rotatable bonds is 2. The Bertz CT molecular complexity index is 1470. The predicted molar refractivity (Wildman–Crippen MR) is 111 cm³/mol. The van der Waals surface area contributed by atoms with Gasteiger partial charge in [-0.15, -0.1) is 0 Å². The van der Waals surface area contributed by atoms with E-state index < -0.39 is 0 Å². The van der Waals surface area contributed by atoms with Crippen LogP contribution in [0.5, 0.6) is 11.5 Å². The average Bonchev–Trinajstić information content (AvgIpc) is 3.40. The van der Waals surface area contributed by atoms with Crippen molar-refractivity contribution in [3.05, 3.63) is 66.2 Å². The number of carbonyl (C=O) groups excluding carboxylic acids is 1. The van der Waals surface area contributed by atoms with Crippen LogP contribution < -0.4 is 9.47 Å². The Morgan fingerprint density at radius 2 is 1.77 bits per heavy atom. The van der Waals surface area contributed by atoms with Gasteiger partial charge in [0.25, 0.3) is 0 Å². The monoisotopic (exact) mass is 397 g/mol. The highest BCUT2D eigenvalue weighted by Gasteiger charge is 2.21. The lowest BCUT2D eigenvalue weighted by Gasteiger charge is -2.09. The summed E-state index contributed by atoms with van der Waals surface area (Å²) in [5.41, 5.74) is 5.52. The Labute approximate surface area is 170 Å². The number of ether oxygens (including phenoxy) is 3. The van der Waals surface area contributed by atoms with E-state index in [0.29, 0.717) is 17.1 Å².